The number of nitrogens with zero attached hydrogens (tertiary/aromatic N) is 1. The van der Waals surface area contributed by atoms with Crippen LogP contribution in [-0.4, -0.2) is 0 Å². The second kappa shape index (κ2) is 14.7. The number of para-hydroxylation sites is 1. The first-order valence-corrected chi connectivity index (χ1v) is 23.2. The molecule has 67 heavy (non-hydrogen) atoms. The van der Waals surface area contributed by atoms with Crippen LogP contribution in [0.3, 0.4) is 0 Å². The molecule has 0 saturated carbocycles. The number of fused-ring (bicyclic) bond motifs is 16. The van der Waals surface area contributed by atoms with Crippen molar-refractivity contribution in [3.63, 3.8) is 0 Å². The van der Waals surface area contributed by atoms with Gasteiger partial charge in [0.25, 0.3) is 0 Å². The van der Waals surface area contributed by atoms with Crippen LogP contribution in [0.15, 0.2) is 253 Å². The van der Waals surface area contributed by atoms with E-state index in [9.17, 15) is 0 Å². The molecule has 1 spiro atoms. The molecule has 0 amide bonds. The number of anilines is 3. The Bertz CT molecular complexity index is 3860. The Kier molecular flexibility index (Phi) is 8.23. The molecule has 2 nitrogen and oxygen atoms in total. The van der Waals surface area contributed by atoms with Gasteiger partial charge < -0.3 is 9.32 Å². The first kappa shape index (κ1) is 37.6. The molecule has 0 saturated heterocycles. The Balaban J connectivity index is 0.940. The van der Waals surface area contributed by atoms with Gasteiger partial charge in [-0.25, -0.2) is 0 Å². The van der Waals surface area contributed by atoms with E-state index in [-0.39, 0.29) is 0 Å². The van der Waals surface area contributed by atoms with E-state index in [4.69, 9.17) is 4.42 Å². The topological polar surface area (TPSA) is 16.4 Å². The number of furan rings is 1. The minimum absolute atomic E-state index is 0.422. The van der Waals surface area contributed by atoms with Crippen molar-refractivity contribution >= 4 is 49.6 Å². The molecule has 0 fully saturated rings. The summed E-state index contributed by atoms with van der Waals surface area (Å²) in [6.07, 6.45) is 0. The van der Waals surface area contributed by atoms with Crippen molar-refractivity contribution in [2.75, 3.05) is 4.90 Å². The molecule has 0 unspecified atom stereocenters. The summed E-state index contributed by atoms with van der Waals surface area (Å²) in [5, 5.41) is 5.81. The van der Waals surface area contributed by atoms with Crippen molar-refractivity contribution in [2.24, 2.45) is 0 Å². The second-order valence-corrected chi connectivity index (χ2v) is 17.9. The molecule has 14 rings (SSSR count). The van der Waals surface area contributed by atoms with Crippen molar-refractivity contribution in [3.8, 4) is 55.8 Å². The highest BCUT2D eigenvalue weighted by Crippen LogP contribution is 2.64. The zero-order valence-electron chi connectivity index (χ0n) is 36.5. The van der Waals surface area contributed by atoms with Crippen LogP contribution in [0.4, 0.5) is 17.1 Å². The average molecular weight is 852 g/mol. The van der Waals surface area contributed by atoms with Crippen LogP contribution in [0.1, 0.15) is 22.3 Å². The quantitative estimate of drug-likeness (QED) is 0.155. The van der Waals surface area contributed by atoms with E-state index in [2.05, 4.69) is 254 Å². The fraction of sp³-hybridized carbons (Fsp3) is 0.0154. The highest BCUT2D eigenvalue weighted by Gasteiger charge is 2.52. The number of rotatable bonds is 6. The van der Waals surface area contributed by atoms with Crippen LogP contribution in [0.2, 0.25) is 0 Å². The third kappa shape index (κ3) is 5.39. The Morgan fingerprint density at radius 2 is 0.836 bits per heavy atom. The summed E-state index contributed by atoms with van der Waals surface area (Å²) < 4.78 is 6.99. The van der Waals surface area contributed by atoms with Gasteiger partial charge in [-0.3, -0.25) is 0 Å². The van der Waals surface area contributed by atoms with Crippen molar-refractivity contribution in [3.05, 3.63) is 271 Å². The van der Waals surface area contributed by atoms with Crippen LogP contribution in [-0.2, 0) is 5.41 Å². The van der Waals surface area contributed by atoms with Gasteiger partial charge in [-0.2, -0.15) is 0 Å². The van der Waals surface area contributed by atoms with Gasteiger partial charge in [0.2, 0.25) is 0 Å². The lowest BCUT2D eigenvalue weighted by molar-refractivity contribution is 0.636. The van der Waals surface area contributed by atoms with Crippen LogP contribution >= 0.6 is 0 Å². The maximum absolute atomic E-state index is 6.99. The molecular formula is C65H41NO. The Morgan fingerprint density at radius 1 is 0.313 bits per heavy atom. The van der Waals surface area contributed by atoms with E-state index in [0.29, 0.717) is 0 Å². The molecule has 0 radical (unpaired) electrons. The highest BCUT2D eigenvalue weighted by molar-refractivity contribution is 6.29. The monoisotopic (exact) mass is 851 g/mol. The molecule has 2 aliphatic rings. The largest absolute Gasteiger partial charge is 0.455 e. The Hall–Kier alpha value is -8.72. The van der Waals surface area contributed by atoms with Crippen molar-refractivity contribution < 1.29 is 4.42 Å². The van der Waals surface area contributed by atoms with E-state index in [1.54, 1.807) is 0 Å². The summed E-state index contributed by atoms with van der Waals surface area (Å²) in [5.74, 6) is 0.891. The fourth-order valence-corrected chi connectivity index (χ4v) is 11.7. The summed E-state index contributed by atoms with van der Waals surface area (Å²) in [4.78, 5) is 2.45. The molecule has 12 aromatic rings. The lowest BCUT2D eigenvalue weighted by Gasteiger charge is -2.31. The Labute approximate surface area is 389 Å². The minimum Gasteiger partial charge on any atom is -0.455 e. The number of hydrogen-bond acceptors (Lipinski definition) is 2. The van der Waals surface area contributed by atoms with Crippen LogP contribution in [0.5, 0.6) is 0 Å². The first-order valence-electron chi connectivity index (χ1n) is 23.2. The van der Waals surface area contributed by atoms with E-state index in [1.165, 1.54) is 60.7 Å². The molecule has 1 heterocycles. The van der Waals surface area contributed by atoms with Gasteiger partial charge >= 0.3 is 0 Å². The van der Waals surface area contributed by atoms with E-state index in [0.717, 1.165) is 67.0 Å². The third-order valence-electron chi connectivity index (χ3n) is 14.5. The number of hydrogen-bond donors (Lipinski definition) is 0. The SMILES string of the molecule is c1ccc(-c2oc3c4ccccc4c4cc(-c5ccc(N(c6ccccc6)c6cccc7c6-c6ccccc6C76c7ccccc7-c7ccccc76)cc5)ccc4c3c2-c2ccccc2)cc1. The molecule has 0 atom stereocenters. The highest BCUT2D eigenvalue weighted by atomic mass is 16.3. The summed E-state index contributed by atoms with van der Waals surface area (Å²) in [7, 11) is 0. The standard InChI is InChI=1S/C65H41NO/c1-4-19-43(20-5-1)60-62-51-40-37-45(41-54(51)48-25-10-11-28-52(48)64(62)67-63(60)44-21-6-2-7-22-44)42-35-38-47(39-36-42)66(46-23-8-3-9-24-46)59-34-18-33-58-61(59)53-29-14-17-32-57(53)65(58)55-30-15-12-26-49(55)50-27-13-16-31-56(50)65/h1-41H. The van der Waals surface area contributed by atoms with E-state index < -0.39 is 5.41 Å². The van der Waals surface area contributed by atoms with Gasteiger partial charge in [0.05, 0.1) is 11.1 Å². The molecule has 1 aromatic heterocycles. The van der Waals surface area contributed by atoms with E-state index >= 15 is 0 Å². The summed E-state index contributed by atoms with van der Waals surface area (Å²) >= 11 is 0. The molecule has 0 aliphatic heterocycles. The predicted molar refractivity (Wildman–Crippen MR) is 279 cm³/mol. The minimum atomic E-state index is -0.422. The zero-order valence-corrected chi connectivity index (χ0v) is 36.5. The van der Waals surface area contributed by atoms with Gasteiger partial charge in [0.1, 0.15) is 11.3 Å². The lowest BCUT2D eigenvalue weighted by Crippen LogP contribution is -2.26. The van der Waals surface area contributed by atoms with Gasteiger partial charge in [0, 0.05) is 38.8 Å². The predicted octanol–water partition coefficient (Wildman–Crippen LogP) is 17.6. The fourth-order valence-electron chi connectivity index (χ4n) is 11.7. The Morgan fingerprint density at radius 3 is 1.52 bits per heavy atom. The van der Waals surface area contributed by atoms with Crippen LogP contribution < -0.4 is 4.90 Å². The van der Waals surface area contributed by atoms with Gasteiger partial charge in [0.15, 0.2) is 0 Å². The molecule has 312 valence electrons. The molecule has 0 N–H and O–H groups in total. The van der Waals surface area contributed by atoms with Crippen LogP contribution in [0.25, 0.3) is 88.3 Å². The third-order valence-corrected chi connectivity index (χ3v) is 14.5. The summed E-state index contributed by atoms with van der Waals surface area (Å²) in [6, 6.07) is 90.9. The maximum atomic E-state index is 6.99. The van der Waals surface area contributed by atoms with Crippen molar-refractivity contribution in [1.82, 2.24) is 0 Å². The summed E-state index contributed by atoms with van der Waals surface area (Å²) in [5.41, 5.74) is 20.0. The van der Waals surface area contributed by atoms with Crippen LogP contribution in [0, 0.1) is 0 Å². The average Bonchev–Trinajstić information content (AvgIpc) is 4.06. The molecule has 11 aromatic carbocycles. The smallest absolute Gasteiger partial charge is 0.143 e. The van der Waals surface area contributed by atoms with Gasteiger partial charge in [-0.15, -0.1) is 0 Å². The first-order chi connectivity index (χ1) is 33.3. The van der Waals surface area contributed by atoms with Crippen molar-refractivity contribution in [2.45, 2.75) is 5.41 Å². The summed E-state index contributed by atoms with van der Waals surface area (Å²) in [6.45, 7) is 0. The van der Waals surface area contributed by atoms with E-state index in [1.807, 2.05) is 0 Å². The van der Waals surface area contributed by atoms with Gasteiger partial charge in [-0.1, -0.05) is 212 Å². The lowest BCUT2D eigenvalue weighted by atomic mass is 9.70. The molecule has 2 aliphatic carbocycles. The van der Waals surface area contributed by atoms with Gasteiger partial charge in [-0.05, 0) is 108 Å². The normalized spacial score (nSPS) is 12.9. The molecule has 0 bridgehead atoms. The molecule has 2 heteroatoms. The maximum Gasteiger partial charge on any atom is 0.143 e. The van der Waals surface area contributed by atoms with Crippen molar-refractivity contribution in [1.29, 1.82) is 0 Å². The number of benzene rings is 11. The zero-order chi connectivity index (χ0) is 44.1. The second-order valence-electron chi connectivity index (χ2n) is 17.9. The molecular weight excluding hydrogens is 811 g/mol.